The Labute approximate surface area is 70.8 Å². The quantitative estimate of drug-likeness (QED) is 0.517. The summed E-state index contributed by atoms with van der Waals surface area (Å²) in [5.74, 6) is 1.10. The molecule has 0 aromatic carbocycles. The van der Waals surface area contributed by atoms with Crippen molar-refractivity contribution in [3.63, 3.8) is 0 Å². The summed E-state index contributed by atoms with van der Waals surface area (Å²) >= 11 is 1.74. The molecule has 3 N–H and O–H groups in total. The van der Waals surface area contributed by atoms with Crippen molar-refractivity contribution in [2.75, 3.05) is 12.3 Å². The van der Waals surface area contributed by atoms with Crippen LogP contribution < -0.4 is 5.73 Å². The molecular weight excluding hydrogens is 158 g/mol. The van der Waals surface area contributed by atoms with Crippen molar-refractivity contribution in [3.05, 3.63) is 12.4 Å². The van der Waals surface area contributed by atoms with Gasteiger partial charge in [-0.15, -0.1) is 0 Å². The Morgan fingerprint density at radius 3 is 3.09 bits per heavy atom. The van der Waals surface area contributed by atoms with E-state index < -0.39 is 0 Å². The predicted octanol–water partition coefficient (Wildman–Crippen LogP) is 1.24. The molecule has 0 atom stereocenters. The summed E-state index contributed by atoms with van der Waals surface area (Å²) in [6, 6.07) is 0. The normalized spacial score (nSPS) is 10.3. The fourth-order valence-electron chi connectivity index (χ4n) is 0.745. The second-order valence-electron chi connectivity index (χ2n) is 2.24. The third-order valence-corrected chi connectivity index (χ3v) is 2.30. The van der Waals surface area contributed by atoms with Crippen LogP contribution in [0, 0.1) is 0 Å². The lowest BCUT2D eigenvalue weighted by Crippen LogP contribution is -1.98. The van der Waals surface area contributed by atoms with Gasteiger partial charge < -0.3 is 10.7 Å². The van der Waals surface area contributed by atoms with Crippen LogP contribution in [0.3, 0.4) is 0 Å². The second kappa shape index (κ2) is 5.21. The van der Waals surface area contributed by atoms with E-state index in [2.05, 4.69) is 9.97 Å². The van der Waals surface area contributed by atoms with Crippen molar-refractivity contribution in [2.45, 2.75) is 18.0 Å². The number of aromatic amines is 1. The van der Waals surface area contributed by atoms with Gasteiger partial charge >= 0.3 is 0 Å². The highest BCUT2D eigenvalue weighted by Crippen LogP contribution is 2.12. The standard InChI is InChI=1S/C7H13N3S/c8-3-1-2-6-11-7-9-4-5-10-7/h4-5H,1-3,6,8H2,(H,9,10). The van der Waals surface area contributed by atoms with Gasteiger partial charge in [0, 0.05) is 18.1 Å². The first-order valence-electron chi connectivity index (χ1n) is 3.75. The lowest BCUT2D eigenvalue weighted by atomic mass is 10.3. The van der Waals surface area contributed by atoms with Gasteiger partial charge in [-0.3, -0.25) is 0 Å². The molecule has 0 saturated carbocycles. The molecule has 0 radical (unpaired) electrons. The van der Waals surface area contributed by atoms with Crippen molar-refractivity contribution in [3.8, 4) is 0 Å². The van der Waals surface area contributed by atoms with E-state index in [0.29, 0.717) is 0 Å². The Hall–Kier alpha value is -0.480. The van der Waals surface area contributed by atoms with Crippen LogP contribution in [0.4, 0.5) is 0 Å². The zero-order valence-corrected chi connectivity index (χ0v) is 7.23. The molecule has 0 aliphatic carbocycles. The largest absolute Gasteiger partial charge is 0.340 e. The van der Waals surface area contributed by atoms with E-state index in [1.54, 1.807) is 18.0 Å². The number of imidazole rings is 1. The molecule has 1 aromatic heterocycles. The van der Waals surface area contributed by atoms with E-state index in [4.69, 9.17) is 5.73 Å². The van der Waals surface area contributed by atoms with E-state index >= 15 is 0 Å². The molecule has 4 heteroatoms. The lowest BCUT2D eigenvalue weighted by molar-refractivity contribution is 0.813. The Morgan fingerprint density at radius 2 is 2.45 bits per heavy atom. The van der Waals surface area contributed by atoms with Gasteiger partial charge in [-0.1, -0.05) is 11.8 Å². The molecule has 0 aliphatic heterocycles. The van der Waals surface area contributed by atoms with Gasteiger partial charge in [0.25, 0.3) is 0 Å². The van der Waals surface area contributed by atoms with Gasteiger partial charge in [0.15, 0.2) is 5.16 Å². The molecule has 0 amide bonds. The van der Waals surface area contributed by atoms with Gasteiger partial charge in [-0.25, -0.2) is 4.98 Å². The maximum Gasteiger partial charge on any atom is 0.165 e. The highest BCUT2D eigenvalue weighted by atomic mass is 32.2. The molecule has 0 saturated heterocycles. The highest BCUT2D eigenvalue weighted by Gasteiger charge is 1.93. The Balaban J connectivity index is 2.04. The number of thioether (sulfide) groups is 1. The average molecular weight is 171 g/mol. The molecule has 1 heterocycles. The summed E-state index contributed by atoms with van der Waals surface area (Å²) < 4.78 is 0. The van der Waals surface area contributed by atoms with Gasteiger partial charge in [-0.2, -0.15) is 0 Å². The van der Waals surface area contributed by atoms with E-state index in [9.17, 15) is 0 Å². The van der Waals surface area contributed by atoms with Crippen molar-refractivity contribution < 1.29 is 0 Å². The average Bonchev–Trinajstić information content (AvgIpc) is 2.50. The van der Waals surface area contributed by atoms with Crippen LogP contribution in [-0.4, -0.2) is 22.3 Å². The first-order chi connectivity index (χ1) is 5.43. The Bertz CT molecular complexity index is 174. The number of hydrogen-bond acceptors (Lipinski definition) is 3. The van der Waals surface area contributed by atoms with Crippen molar-refractivity contribution >= 4 is 11.8 Å². The number of H-pyrrole nitrogens is 1. The SMILES string of the molecule is NCCCCSc1ncc[nH]1. The first kappa shape index (κ1) is 8.62. The fourth-order valence-corrected chi connectivity index (χ4v) is 1.57. The lowest BCUT2D eigenvalue weighted by Gasteiger charge is -1.95. The van der Waals surface area contributed by atoms with Crippen LogP contribution in [0.2, 0.25) is 0 Å². The minimum absolute atomic E-state index is 0.790. The topological polar surface area (TPSA) is 54.7 Å². The summed E-state index contributed by atoms with van der Waals surface area (Å²) in [5, 5.41) is 1.00. The number of hydrogen-bond donors (Lipinski definition) is 2. The zero-order chi connectivity index (χ0) is 7.94. The number of rotatable bonds is 5. The van der Waals surface area contributed by atoms with Crippen molar-refractivity contribution in [1.29, 1.82) is 0 Å². The van der Waals surface area contributed by atoms with Crippen LogP contribution in [0.5, 0.6) is 0 Å². The smallest absolute Gasteiger partial charge is 0.165 e. The number of nitrogens with two attached hydrogens (primary N) is 1. The number of unbranched alkanes of at least 4 members (excludes halogenated alkanes) is 1. The molecule has 1 aromatic rings. The third kappa shape index (κ3) is 3.43. The number of aromatic nitrogens is 2. The fraction of sp³-hybridized carbons (Fsp3) is 0.571. The maximum atomic E-state index is 5.36. The molecule has 0 unspecified atom stereocenters. The van der Waals surface area contributed by atoms with Gasteiger partial charge in [0.1, 0.15) is 0 Å². The van der Waals surface area contributed by atoms with Gasteiger partial charge in [-0.05, 0) is 19.4 Å². The molecule has 0 fully saturated rings. The second-order valence-corrected chi connectivity index (χ2v) is 3.32. The monoisotopic (exact) mass is 171 g/mol. The minimum Gasteiger partial charge on any atom is -0.340 e. The van der Waals surface area contributed by atoms with E-state index in [-0.39, 0.29) is 0 Å². The van der Waals surface area contributed by atoms with Crippen LogP contribution in [0.1, 0.15) is 12.8 Å². The van der Waals surface area contributed by atoms with E-state index in [1.165, 1.54) is 6.42 Å². The van der Waals surface area contributed by atoms with Crippen molar-refractivity contribution in [2.24, 2.45) is 5.73 Å². The molecule has 3 nitrogen and oxygen atoms in total. The van der Waals surface area contributed by atoms with Crippen LogP contribution >= 0.6 is 11.8 Å². The first-order valence-corrected chi connectivity index (χ1v) is 4.74. The van der Waals surface area contributed by atoms with Gasteiger partial charge in [0.05, 0.1) is 0 Å². The zero-order valence-electron chi connectivity index (χ0n) is 6.42. The number of nitrogens with one attached hydrogen (secondary N) is 1. The Morgan fingerprint density at radius 1 is 1.55 bits per heavy atom. The van der Waals surface area contributed by atoms with Gasteiger partial charge in [0.2, 0.25) is 0 Å². The molecule has 1 rings (SSSR count). The van der Waals surface area contributed by atoms with E-state index in [1.807, 2.05) is 6.20 Å². The Kier molecular flexibility index (Phi) is 4.08. The summed E-state index contributed by atoms with van der Waals surface area (Å²) in [6.07, 6.45) is 5.88. The molecule has 0 spiro atoms. The third-order valence-electron chi connectivity index (χ3n) is 1.31. The summed E-state index contributed by atoms with van der Waals surface area (Å²) in [6.45, 7) is 0.790. The molecule has 0 aliphatic rings. The van der Waals surface area contributed by atoms with Crippen LogP contribution in [0.25, 0.3) is 0 Å². The maximum absolute atomic E-state index is 5.36. The molecule has 0 bridgehead atoms. The minimum atomic E-state index is 0.790. The molecule has 11 heavy (non-hydrogen) atoms. The molecule has 62 valence electrons. The summed E-state index contributed by atoms with van der Waals surface area (Å²) in [5.41, 5.74) is 5.36. The van der Waals surface area contributed by atoms with Crippen molar-refractivity contribution in [1.82, 2.24) is 9.97 Å². The number of nitrogens with zero attached hydrogens (tertiary/aromatic N) is 1. The molecular formula is C7H13N3S. The predicted molar refractivity (Wildman–Crippen MR) is 47.6 cm³/mol. The van der Waals surface area contributed by atoms with Crippen LogP contribution in [-0.2, 0) is 0 Å². The summed E-state index contributed by atoms with van der Waals surface area (Å²) in [7, 11) is 0. The van der Waals surface area contributed by atoms with E-state index in [0.717, 1.165) is 23.9 Å². The highest BCUT2D eigenvalue weighted by molar-refractivity contribution is 7.99. The summed E-state index contributed by atoms with van der Waals surface area (Å²) in [4.78, 5) is 7.12. The van der Waals surface area contributed by atoms with Crippen LogP contribution in [0.15, 0.2) is 17.6 Å².